The molecule has 2 fully saturated rings. The highest BCUT2D eigenvalue weighted by atomic mass is 32.2. The van der Waals surface area contributed by atoms with Crippen LogP contribution in [0.15, 0.2) is 29.2 Å². The molecule has 0 radical (unpaired) electrons. The minimum absolute atomic E-state index is 0.0710. The zero-order valence-corrected chi connectivity index (χ0v) is 16.0. The molecule has 1 aromatic carbocycles. The van der Waals surface area contributed by atoms with Crippen LogP contribution in [0.1, 0.15) is 23.2 Å². The number of hydrogen-bond acceptors (Lipinski definition) is 5. The molecule has 1 N–H and O–H groups in total. The van der Waals surface area contributed by atoms with E-state index in [-0.39, 0.29) is 23.3 Å². The highest BCUT2D eigenvalue weighted by Gasteiger charge is 2.29. The van der Waals surface area contributed by atoms with Gasteiger partial charge in [0.2, 0.25) is 10.0 Å². The number of likely N-dealkylation sites (tertiary alicyclic amines) is 1. The summed E-state index contributed by atoms with van der Waals surface area (Å²) in [6.07, 6.45) is 1.77. The van der Waals surface area contributed by atoms with E-state index in [1.165, 1.54) is 10.4 Å². The third kappa shape index (κ3) is 4.09. The summed E-state index contributed by atoms with van der Waals surface area (Å²) in [6.45, 7) is 3.56. The summed E-state index contributed by atoms with van der Waals surface area (Å²) in [7, 11) is -1.62. The highest BCUT2D eigenvalue weighted by molar-refractivity contribution is 7.89. The summed E-state index contributed by atoms with van der Waals surface area (Å²) < 4.78 is 27.3. The summed E-state index contributed by atoms with van der Waals surface area (Å²) >= 11 is 0. The van der Waals surface area contributed by atoms with Crippen LogP contribution in [-0.4, -0.2) is 86.5 Å². The smallest absolute Gasteiger partial charge is 0.253 e. The molecule has 26 heavy (non-hydrogen) atoms. The zero-order valence-electron chi connectivity index (χ0n) is 15.2. The molecule has 1 unspecified atom stereocenters. The predicted octanol–water partition coefficient (Wildman–Crippen LogP) is 0.467. The van der Waals surface area contributed by atoms with E-state index in [4.69, 9.17) is 0 Å². The van der Waals surface area contributed by atoms with Gasteiger partial charge < -0.3 is 14.9 Å². The Hall–Kier alpha value is -1.48. The second-order valence-electron chi connectivity index (χ2n) is 7.18. The monoisotopic (exact) mass is 381 g/mol. The van der Waals surface area contributed by atoms with E-state index in [1.807, 2.05) is 7.05 Å². The first-order valence-electron chi connectivity index (χ1n) is 9.10. The molecule has 144 valence electrons. The average Bonchev–Trinajstić information content (AvgIpc) is 2.68. The number of aliphatic hydroxyl groups is 1. The SMILES string of the molecule is CN1CCN(S(=O)(=O)c2cccc(C(=O)N3CCCC(CO)C3)c2)CC1. The molecule has 0 spiro atoms. The number of amides is 1. The molecule has 1 atom stereocenters. The summed E-state index contributed by atoms with van der Waals surface area (Å²) in [6, 6.07) is 6.33. The number of carbonyl (C=O) groups is 1. The van der Waals surface area contributed by atoms with Crippen molar-refractivity contribution in [1.29, 1.82) is 0 Å². The number of carbonyl (C=O) groups excluding carboxylic acids is 1. The van der Waals surface area contributed by atoms with Gasteiger partial charge in [-0.05, 0) is 44.0 Å². The van der Waals surface area contributed by atoms with Crippen LogP contribution in [0.3, 0.4) is 0 Å². The fourth-order valence-electron chi connectivity index (χ4n) is 3.55. The maximum absolute atomic E-state index is 12.9. The van der Waals surface area contributed by atoms with Crippen LogP contribution >= 0.6 is 0 Å². The van der Waals surface area contributed by atoms with Crippen molar-refractivity contribution in [2.45, 2.75) is 17.7 Å². The van der Waals surface area contributed by atoms with E-state index in [1.54, 1.807) is 23.1 Å². The van der Waals surface area contributed by atoms with Crippen molar-refractivity contribution in [2.24, 2.45) is 5.92 Å². The Morgan fingerprint density at radius 2 is 1.92 bits per heavy atom. The van der Waals surface area contributed by atoms with Crippen molar-refractivity contribution in [2.75, 3.05) is 52.9 Å². The Morgan fingerprint density at radius 3 is 2.62 bits per heavy atom. The van der Waals surface area contributed by atoms with E-state index in [9.17, 15) is 18.3 Å². The van der Waals surface area contributed by atoms with Gasteiger partial charge in [-0.1, -0.05) is 6.07 Å². The number of sulfonamides is 1. The molecule has 0 bridgehead atoms. The molecular formula is C18H27N3O4S. The number of rotatable bonds is 4. The van der Waals surface area contributed by atoms with Gasteiger partial charge in [-0.25, -0.2) is 8.42 Å². The number of piperidine rings is 1. The average molecular weight is 381 g/mol. The Balaban J connectivity index is 1.78. The van der Waals surface area contributed by atoms with E-state index >= 15 is 0 Å². The minimum Gasteiger partial charge on any atom is -0.396 e. The van der Waals surface area contributed by atoms with Gasteiger partial charge in [0.15, 0.2) is 0 Å². The molecule has 2 aliphatic heterocycles. The number of nitrogens with zero attached hydrogens (tertiary/aromatic N) is 3. The predicted molar refractivity (Wildman–Crippen MR) is 98.4 cm³/mol. The van der Waals surface area contributed by atoms with Crippen LogP contribution < -0.4 is 0 Å². The molecule has 2 saturated heterocycles. The van der Waals surface area contributed by atoms with E-state index < -0.39 is 10.0 Å². The van der Waals surface area contributed by atoms with Gasteiger partial charge in [-0.2, -0.15) is 4.31 Å². The first-order valence-corrected chi connectivity index (χ1v) is 10.5. The highest BCUT2D eigenvalue weighted by Crippen LogP contribution is 2.22. The molecule has 0 aliphatic carbocycles. The maximum Gasteiger partial charge on any atom is 0.253 e. The number of benzene rings is 1. The van der Waals surface area contributed by atoms with Crippen LogP contribution in [0.25, 0.3) is 0 Å². The van der Waals surface area contributed by atoms with E-state index in [0.29, 0.717) is 44.8 Å². The second kappa shape index (κ2) is 8.04. The van der Waals surface area contributed by atoms with E-state index in [0.717, 1.165) is 12.8 Å². The van der Waals surface area contributed by atoms with Crippen LogP contribution in [0.5, 0.6) is 0 Å². The number of piperazine rings is 1. The molecule has 0 aromatic heterocycles. The zero-order chi connectivity index (χ0) is 18.7. The summed E-state index contributed by atoms with van der Waals surface area (Å²) in [5.41, 5.74) is 0.388. The Morgan fingerprint density at radius 1 is 1.19 bits per heavy atom. The summed E-state index contributed by atoms with van der Waals surface area (Å²) in [5, 5.41) is 9.35. The van der Waals surface area contributed by atoms with Gasteiger partial charge in [0.1, 0.15) is 0 Å². The Labute approximate surface area is 155 Å². The molecule has 7 nitrogen and oxygen atoms in total. The van der Waals surface area contributed by atoms with Crippen LogP contribution in [-0.2, 0) is 10.0 Å². The first-order chi connectivity index (χ1) is 12.4. The van der Waals surface area contributed by atoms with Gasteiger partial charge in [-0.15, -0.1) is 0 Å². The van der Waals surface area contributed by atoms with Gasteiger partial charge >= 0.3 is 0 Å². The first kappa shape index (κ1) is 19.3. The van der Waals surface area contributed by atoms with Crippen molar-refractivity contribution in [3.05, 3.63) is 29.8 Å². The molecule has 2 aliphatic rings. The lowest BCUT2D eigenvalue weighted by Crippen LogP contribution is -2.47. The van der Waals surface area contributed by atoms with Crippen molar-refractivity contribution in [1.82, 2.24) is 14.1 Å². The third-order valence-corrected chi connectivity index (χ3v) is 7.14. The number of aliphatic hydroxyl groups excluding tert-OH is 1. The van der Waals surface area contributed by atoms with Crippen LogP contribution in [0.4, 0.5) is 0 Å². The second-order valence-corrected chi connectivity index (χ2v) is 9.12. The molecule has 1 aromatic rings. The minimum atomic E-state index is -3.59. The quantitative estimate of drug-likeness (QED) is 0.820. The third-order valence-electron chi connectivity index (χ3n) is 5.25. The normalized spacial score (nSPS) is 23.2. The largest absolute Gasteiger partial charge is 0.396 e. The topological polar surface area (TPSA) is 81.2 Å². The van der Waals surface area contributed by atoms with Crippen molar-refractivity contribution < 1.29 is 18.3 Å². The van der Waals surface area contributed by atoms with Crippen LogP contribution in [0.2, 0.25) is 0 Å². The lowest BCUT2D eigenvalue weighted by molar-refractivity contribution is 0.0620. The molecular weight excluding hydrogens is 354 g/mol. The van der Waals surface area contributed by atoms with Crippen molar-refractivity contribution in [3.8, 4) is 0 Å². The Bertz CT molecular complexity index is 745. The molecule has 8 heteroatoms. The number of hydrogen-bond donors (Lipinski definition) is 1. The standard InChI is InChI=1S/C18H27N3O4S/c1-19-8-10-21(11-9-19)26(24,25)17-6-2-5-16(12-17)18(23)20-7-3-4-15(13-20)14-22/h2,5-6,12,15,22H,3-4,7-11,13-14H2,1H3. The Kier molecular flexibility index (Phi) is 5.96. The summed E-state index contributed by atoms with van der Waals surface area (Å²) in [5.74, 6) is -0.0662. The fourth-order valence-corrected chi connectivity index (χ4v) is 5.02. The molecule has 3 rings (SSSR count). The van der Waals surface area contributed by atoms with Gasteiger partial charge in [-0.3, -0.25) is 4.79 Å². The van der Waals surface area contributed by atoms with E-state index in [2.05, 4.69) is 4.90 Å². The van der Waals surface area contributed by atoms with Gasteiger partial charge in [0, 0.05) is 51.4 Å². The van der Waals surface area contributed by atoms with Crippen LogP contribution in [0, 0.1) is 5.92 Å². The molecule has 1 amide bonds. The van der Waals surface area contributed by atoms with Crippen molar-refractivity contribution in [3.63, 3.8) is 0 Å². The lowest BCUT2D eigenvalue weighted by atomic mass is 9.98. The number of likely N-dealkylation sites (N-methyl/N-ethyl adjacent to an activating group) is 1. The fraction of sp³-hybridized carbons (Fsp3) is 0.611. The maximum atomic E-state index is 12.9. The lowest BCUT2D eigenvalue weighted by Gasteiger charge is -2.32. The molecule has 0 saturated carbocycles. The molecule has 2 heterocycles. The van der Waals surface area contributed by atoms with Gasteiger partial charge in [0.05, 0.1) is 4.90 Å². The van der Waals surface area contributed by atoms with Gasteiger partial charge in [0.25, 0.3) is 5.91 Å². The summed E-state index contributed by atoms with van der Waals surface area (Å²) in [4.78, 5) is 16.8. The van der Waals surface area contributed by atoms with Crippen molar-refractivity contribution >= 4 is 15.9 Å².